The summed E-state index contributed by atoms with van der Waals surface area (Å²) in [5, 5.41) is 3.00. The molecule has 0 fully saturated rings. The number of fused-ring (bicyclic) bond motifs is 1. The monoisotopic (exact) mass is 544 g/mol. The number of aliphatic imine (C=N–C) groups is 1. The average Bonchev–Trinajstić information content (AvgIpc) is 3.30. The van der Waals surface area contributed by atoms with E-state index in [9.17, 15) is 39.5 Å². The molecule has 3 heterocycles. The van der Waals surface area contributed by atoms with Gasteiger partial charge in [0, 0.05) is 18.3 Å². The van der Waals surface area contributed by atoms with Crippen LogP contribution in [0.3, 0.4) is 0 Å². The lowest BCUT2D eigenvalue weighted by molar-refractivity contribution is -0.158. The Bertz CT molecular complexity index is 1470. The fourth-order valence-electron chi connectivity index (χ4n) is 4.71. The minimum atomic E-state index is -4.91. The fourth-order valence-corrected chi connectivity index (χ4v) is 4.71. The van der Waals surface area contributed by atoms with Crippen molar-refractivity contribution >= 4 is 16.7 Å². The predicted octanol–water partition coefficient (Wildman–Crippen LogP) is 6.82. The number of H-pyrrole nitrogens is 1. The van der Waals surface area contributed by atoms with Crippen molar-refractivity contribution in [2.75, 3.05) is 13.1 Å². The summed E-state index contributed by atoms with van der Waals surface area (Å²) >= 11 is 0. The molecule has 0 saturated heterocycles. The second-order valence-electron chi connectivity index (χ2n) is 8.88. The van der Waals surface area contributed by atoms with E-state index >= 15 is 0 Å². The zero-order valence-electron chi connectivity index (χ0n) is 19.1. The van der Waals surface area contributed by atoms with Crippen LogP contribution in [0.15, 0.2) is 53.2 Å². The molecule has 2 aromatic carbocycles. The molecule has 2 atom stereocenters. The maximum absolute atomic E-state index is 14.4. The van der Waals surface area contributed by atoms with E-state index in [4.69, 9.17) is 0 Å². The molecular weight excluding hydrogens is 527 g/mol. The number of allylic oxidation sites excluding steroid dienone is 1. The van der Waals surface area contributed by atoms with E-state index in [1.54, 1.807) is 6.08 Å². The van der Waals surface area contributed by atoms with Crippen LogP contribution in [-0.4, -0.2) is 34.9 Å². The Labute approximate surface area is 209 Å². The molecule has 3 aromatic rings. The highest BCUT2D eigenvalue weighted by atomic mass is 19.4. The second-order valence-corrected chi connectivity index (χ2v) is 8.88. The van der Waals surface area contributed by atoms with E-state index in [1.807, 2.05) is 0 Å². The van der Waals surface area contributed by atoms with Crippen LogP contribution in [0, 0.1) is 23.4 Å². The number of hydrogen-bond acceptors (Lipinski definition) is 3. The van der Waals surface area contributed by atoms with Gasteiger partial charge in [-0.05, 0) is 48.4 Å². The summed E-state index contributed by atoms with van der Waals surface area (Å²) in [5.74, 6) is -9.06. The zero-order chi connectivity index (χ0) is 27.4. The van der Waals surface area contributed by atoms with Crippen molar-refractivity contribution in [3.05, 3.63) is 77.0 Å². The van der Waals surface area contributed by atoms with E-state index in [1.165, 1.54) is 6.20 Å². The molecule has 0 amide bonds. The molecule has 0 bridgehead atoms. The summed E-state index contributed by atoms with van der Waals surface area (Å²) < 4.78 is 125. The van der Waals surface area contributed by atoms with Gasteiger partial charge in [0.05, 0.1) is 28.2 Å². The molecule has 38 heavy (non-hydrogen) atoms. The predicted molar refractivity (Wildman–Crippen MR) is 121 cm³/mol. The quantitative estimate of drug-likeness (QED) is 0.281. The smallest absolute Gasteiger partial charge is 0.341 e. The SMILES string of the molecule is Fc1cc(-c2cc(C(F)(F)F)cc3[nH]c(C4C=CN=C(C5=CCNCC5)C4C(F)(F)F)nc23)cc(F)c1F. The topological polar surface area (TPSA) is 53.1 Å². The number of alkyl halides is 6. The molecule has 1 aromatic heterocycles. The minimum absolute atomic E-state index is 0.217. The van der Waals surface area contributed by atoms with Gasteiger partial charge in [-0.25, -0.2) is 18.2 Å². The highest BCUT2D eigenvalue weighted by Crippen LogP contribution is 2.44. The van der Waals surface area contributed by atoms with Gasteiger partial charge in [-0.1, -0.05) is 12.2 Å². The van der Waals surface area contributed by atoms with Gasteiger partial charge in [0.15, 0.2) is 17.5 Å². The largest absolute Gasteiger partial charge is 0.416 e. The number of nitrogens with zero attached hydrogens (tertiary/aromatic N) is 2. The molecule has 2 N–H and O–H groups in total. The summed E-state index contributed by atoms with van der Waals surface area (Å²) in [4.78, 5) is 10.7. The molecular formula is C25H17F9N4. The summed E-state index contributed by atoms with van der Waals surface area (Å²) in [5.41, 5.74) is -2.54. The molecule has 4 nitrogen and oxygen atoms in total. The van der Waals surface area contributed by atoms with Crippen LogP contribution in [0.25, 0.3) is 22.2 Å². The third-order valence-electron chi connectivity index (χ3n) is 6.45. The van der Waals surface area contributed by atoms with Gasteiger partial charge in [-0.3, -0.25) is 4.99 Å². The zero-order valence-corrected chi connectivity index (χ0v) is 19.1. The number of benzene rings is 2. The Morgan fingerprint density at radius 1 is 0.921 bits per heavy atom. The van der Waals surface area contributed by atoms with Gasteiger partial charge in [0.1, 0.15) is 11.7 Å². The number of imidazole rings is 1. The van der Waals surface area contributed by atoms with Crippen molar-refractivity contribution in [2.45, 2.75) is 24.7 Å². The maximum Gasteiger partial charge on any atom is 0.416 e. The maximum atomic E-state index is 14.4. The van der Waals surface area contributed by atoms with Crippen molar-refractivity contribution in [1.82, 2.24) is 15.3 Å². The number of hydrogen-bond donors (Lipinski definition) is 2. The van der Waals surface area contributed by atoms with Crippen molar-refractivity contribution in [3.63, 3.8) is 0 Å². The number of rotatable bonds is 3. The molecule has 0 radical (unpaired) electrons. The Hall–Kier alpha value is -3.61. The van der Waals surface area contributed by atoms with Crippen molar-refractivity contribution in [2.24, 2.45) is 10.9 Å². The Balaban J connectivity index is 1.69. The number of halogens is 9. The Morgan fingerprint density at radius 3 is 2.24 bits per heavy atom. The minimum Gasteiger partial charge on any atom is -0.341 e. The summed E-state index contributed by atoms with van der Waals surface area (Å²) in [7, 11) is 0. The van der Waals surface area contributed by atoms with Gasteiger partial charge >= 0.3 is 12.4 Å². The number of aromatic nitrogens is 2. The first kappa shape index (κ1) is 26.0. The second kappa shape index (κ2) is 9.29. The third-order valence-corrected chi connectivity index (χ3v) is 6.45. The molecule has 2 aliphatic heterocycles. The van der Waals surface area contributed by atoms with Gasteiger partial charge in [0.25, 0.3) is 0 Å². The van der Waals surface area contributed by atoms with E-state index in [-0.39, 0.29) is 22.6 Å². The van der Waals surface area contributed by atoms with Crippen LogP contribution in [0.5, 0.6) is 0 Å². The lowest BCUT2D eigenvalue weighted by Crippen LogP contribution is -2.39. The lowest BCUT2D eigenvalue weighted by atomic mass is 9.81. The molecule has 0 spiro atoms. The highest BCUT2D eigenvalue weighted by Gasteiger charge is 2.50. The van der Waals surface area contributed by atoms with E-state index in [2.05, 4.69) is 20.3 Å². The van der Waals surface area contributed by atoms with E-state index in [0.717, 1.165) is 6.08 Å². The van der Waals surface area contributed by atoms with Crippen molar-refractivity contribution in [3.8, 4) is 11.1 Å². The first-order chi connectivity index (χ1) is 17.8. The third kappa shape index (κ3) is 4.70. The molecule has 13 heteroatoms. The van der Waals surface area contributed by atoms with Crippen molar-refractivity contribution < 1.29 is 39.5 Å². The molecule has 0 aliphatic carbocycles. The first-order valence-electron chi connectivity index (χ1n) is 11.3. The van der Waals surface area contributed by atoms with Crippen LogP contribution in [0.1, 0.15) is 23.7 Å². The van der Waals surface area contributed by atoms with E-state index < -0.39 is 58.3 Å². The molecule has 0 saturated carbocycles. The average molecular weight is 544 g/mol. The number of aromatic amines is 1. The van der Waals surface area contributed by atoms with Crippen LogP contribution in [0.4, 0.5) is 39.5 Å². The summed E-state index contributed by atoms with van der Waals surface area (Å²) in [6.45, 7) is 0.801. The van der Waals surface area contributed by atoms with Gasteiger partial charge < -0.3 is 10.3 Å². The number of nitrogens with one attached hydrogen (secondary N) is 2. The standard InChI is InChI=1S/C25H17F9N4/c26-16-7-12(8-17(27)20(16)28)15-9-13(24(29,30)31)10-18-22(15)38-23(37-18)14-3-6-36-21(19(14)25(32,33)34)11-1-4-35-5-2-11/h1,3,6-10,14,19,35H,2,4-5H2,(H,37,38). The van der Waals surface area contributed by atoms with Crippen LogP contribution >= 0.6 is 0 Å². The van der Waals surface area contributed by atoms with Crippen LogP contribution in [0.2, 0.25) is 0 Å². The lowest BCUT2D eigenvalue weighted by Gasteiger charge is -2.31. The molecule has 2 unspecified atom stereocenters. The molecule has 2 aliphatic rings. The Kier molecular flexibility index (Phi) is 6.36. The molecule has 200 valence electrons. The van der Waals surface area contributed by atoms with Crippen LogP contribution in [-0.2, 0) is 6.18 Å². The first-order valence-corrected chi connectivity index (χ1v) is 11.3. The van der Waals surface area contributed by atoms with Crippen LogP contribution < -0.4 is 5.32 Å². The van der Waals surface area contributed by atoms with Gasteiger partial charge in [-0.2, -0.15) is 26.3 Å². The highest BCUT2D eigenvalue weighted by molar-refractivity contribution is 6.04. The van der Waals surface area contributed by atoms with Gasteiger partial charge in [-0.15, -0.1) is 0 Å². The van der Waals surface area contributed by atoms with Gasteiger partial charge in [0.2, 0.25) is 0 Å². The Morgan fingerprint density at radius 2 is 1.63 bits per heavy atom. The normalized spacial score (nSPS) is 20.6. The fraction of sp³-hybridized carbons (Fsp3) is 0.280. The molecule has 5 rings (SSSR count). The van der Waals surface area contributed by atoms with E-state index in [0.29, 0.717) is 49.3 Å². The summed E-state index contributed by atoms with van der Waals surface area (Å²) in [6, 6.07) is 2.19. The van der Waals surface area contributed by atoms with Crippen molar-refractivity contribution in [1.29, 1.82) is 0 Å². The summed E-state index contributed by atoms with van der Waals surface area (Å²) in [6.07, 6.45) is -5.48.